The van der Waals surface area contributed by atoms with Gasteiger partial charge in [-0.2, -0.15) is 0 Å². The van der Waals surface area contributed by atoms with Crippen LogP contribution in [-0.2, 0) is 17.6 Å². The van der Waals surface area contributed by atoms with E-state index in [9.17, 15) is 9.90 Å². The minimum absolute atomic E-state index is 0.0467. The van der Waals surface area contributed by atoms with Gasteiger partial charge in [0.25, 0.3) is 0 Å². The molecule has 5 nitrogen and oxygen atoms in total. The molecule has 0 bridgehead atoms. The number of rotatable bonds is 12. The Labute approximate surface area is 209 Å². The summed E-state index contributed by atoms with van der Waals surface area (Å²) < 4.78 is 6.08. The average molecular weight is 498 g/mol. The van der Waals surface area contributed by atoms with Gasteiger partial charge in [-0.15, -0.1) is 11.8 Å². The topological polar surface area (TPSA) is 90.6 Å². The molecule has 3 aromatic rings. The largest absolute Gasteiger partial charge is 0.507 e. The first-order chi connectivity index (χ1) is 16.4. The minimum Gasteiger partial charge on any atom is -0.507 e. The molecule has 0 aromatic heterocycles. The molecule has 0 aliphatic carbocycles. The summed E-state index contributed by atoms with van der Waals surface area (Å²) in [7, 11) is 0. The van der Waals surface area contributed by atoms with Gasteiger partial charge in [-0.05, 0) is 48.2 Å². The maximum atomic E-state index is 10.9. The van der Waals surface area contributed by atoms with Crippen LogP contribution in [0, 0.1) is 5.41 Å². The van der Waals surface area contributed by atoms with Crippen molar-refractivity contribution in [2.45, 2.75) is 37.5 Å². The van der Waals surface area contributed by atoms with Gasteiger partial charge in [-0.25, -0.2) is 0 Å². The number of aliphatic carboxylic acids is 1. The lowest BCUT2D eigenvalue weighted by Gasteiger charge is -2.15. The van der Waals surface area contributed by atoms with Gasteiger partial charge < -0.3 is 14.9 Å². The number of phenolic OH excluding ortho intramolecular Hbond substituents is 1. The zero-order chi connectivity index (χ0) is 24.5. The zero-order valence-corrected chi connectivity index (χ0v) is 20.6. The van der Waals surface area contributed by atoms with Crippen LogP contribution in [0.3, 0.4) is 0 Å². The van der Waals surface area contributed by atoms with E-state index in [1.807, 2.05) is 36.4 Å². The van der Waals surface area contributed by atoms with Gasteiger partial charge in [-0.1, -0.05) is 61.3 Å². The van der Waals surface area contributed by atoms with E-state index in [2.05, 4.69) is 6.92 Å². The molecule has 0 atom stereocenters. The van der Waals surface area contributed by atoms with Gasteiger partial charge in [0, 0.05) is 21.8 Å². The summed E-state index contributed by atoms with van der Waals surface area (Å²) in [5, 5.41) is 28.5. The second kappa shape index (κ2) is 12.5. The normalized spacial score (nSPS) is 10.8. The Morgan fingerprint density at radius 3 is 2.56 bits per heavy atom. The van der Waals surface area contributed by atoms with E-state index in [1.54, 1.807) is 36.0 Å². The molecule has 0 spiro atoms. The monoisotopic (exact) mass is 497 g/mol. The highest BCUT2D eigenvalue weighted by Crippen LogP contribution is 2.32. The summed E-state index contributed by atoms with van der Waals surface area (Å²) in [6, 6.07) is 18.1. The summed E-state index contributed by atoms with van der Waals surface area (Å²) >= 11 is 7.90. The molecule has 0 fully saturated rings. The molecule has 3 rings (SSSR count). The Balaban J connectivity index is 1.62. The second-order valence-electron chi connectivity index (χ2n) is 7.85. The number of hydrogen-bond acceptors (Lipinski definition) is 5. The van der Waals surface area contributed by atoms with Gasteiger partial charge in [0.2, 0.25) is 0 Å². The smallest absolute Gasteiger partial charge is 0.307 e. The van der Waals surface area contributed by atoms with Crippen molar-refractivity contribution in [3.63, 3.8) is 0 Å². The molecule has 0 amide bonds. The van der Waals surface area contributed by atoms with Crippen LogP contribution in [0.5, 0.6) is 11.5 Å². The highest BCUT2D eigenvalue weighted by atomic mass is 35.5. The Kier molecular flexibility index (Phi) is 9.42. The number of carboxylic acids is 1. The molecule has 3 N–H and O–H groups in total. The molecule has 0 radical (unpaired) electrons. The quantitative estimate of drug-likeness (QED) is 0.149. The van der Waals surface area contributed by atoms with Crippen LogP contribution in [-0.4, -0.2) is 34.3 Å². The van der Waals surface area contributed by atoms with Crippen molar-refractivity contribution in [1.82, 2.24) is 0 Å². The number of ether oxygens (including phenoxy) is 1. The van der Waals surface area contributed by atoms with Crippen LogP contribution in [0.1, 0.15) is 42.0 Å². The number of nitrogens with one attached hydrogen (secondary N) is 1. The van der Waals surface area contributed by atoms with E-state index in [0.717, 1.165) is 41.0 Å². The summed E-state index contributed by atoms with van der Waals surface area (Å²) in [5.74, 6) is 0.677. The summed E-state index contributed by atoms with van der Waals surface area (Å²) in [4.78, 5) is 11.8. The lowest BCUT2D eigenvalue weighted by atomic mass is 9.98. The van der Waals surface area contributed by atoms with Crippen molar-refractivity contribution in [1.29, 1.82) is 5.41 Å². The molecule has 178 valence electrons. The maximum absolute atomic E-state index is 10.9. The third kappa shape index (κ3) is 7.02. The molecule has 0 heterocycles. The molecule has 0 aliphatic heterocycles. The number of aromatic hydroxyl groups is 1. The number of benzene rings is 3. The number of carboxylic acid groups (broad SMARTS) is 1. The zero-order valence-electron chi connectivity index (χ0n) is 19.0. The highest BCUT2D eigenvalue weighted by Gasteiger charge is 2.15. The standard InChI is InChI=1S/C27H28ClNO4S/c1-2-7-20-16-23(30)21(27(29)19-8-4-3-5-9-19)17-24(20)33-12-6-13-34-25-11-10-18(14-22(25)28)15-26(31)32/h3-5,8-11,14,16-17,29-30H,2,6-7,12-13,15H2,1H3,(H,31,32). The van der Waals surface area contributed by atoms with E-state index in [4.69, 9.17) is 26.9 Å². The fraction of sp³-hybridized carbons (Fsp3) is 0.259. The third-order valence-electron chi connectivity index (χ3n) is 5.19. The van der Waals surface area contributed by atoms with Crippen LogP contribution in [0.15, 0.2) is 65.6 Å². The van der Waals surface area contributed by atoms with E-state index in [-0.39, 0.29) is 17.9 Å². The van der Waals surface area contributed by atoms with Crippen LogP contribution >= 0.6 is 23.4 Å². The average Bonchev–Trinajstić information content (AvgIpc) is 2.81. The van der Waals surface area contributed by atoms with Gasteiger partial charge in [0.15, 0.2) is 0 Å². The van der Waals surface area contributed by atoms with Gasteiger partial charge in [-0.3, -0.25) is 10.2 Å². The summed E-state index contributed by atoms with van der Waals surface area (Å²) in [5.41, 5.74) is 3.04. The van der Waals surface area contributed by atoms with Gasteiger partial charge >= 0.3 is 5.97 Å². The number of thioether (sulfide) groups is 1. The van der Waals surface area contributed by atoms with Crippen LogP contribution in [0.2, 0.25) is 5.02 Å². The molecule has 34 heavy (non-hydrogen) atoms. The van der Waals surface area contributed by atoms with Gasteiger partial charge in [0.05, 0.1) is 23.8 Å². The maximum Gasteiger partial charge on any atom is 0.307 e. The van der Waals surface area contributed by atoms with Crippen molar-refractivity contribution in [2.75, 3.05) is 12.4 Å². The van der Waals surface area contributed by atoms with E-state index >= 15 is 0 Å². The number of halogens is 1. The second-order valence-corrected chi connectivity index (χ2v) is 9.40. The van der Waals surface area contributed by atoms with Crippen molar-refractivity contribution in [3.8, 4) is 11.5 Å². The molecule has 3 aromatic carbocycles. The number of phenols is 1. The Hall–Kier alpha value is -2.96. The van der Waals surface area contributed by atoms with E-state index in [1.165, 1.54) is 0 Å². The highest BCUT2D eigenvalue weighted by molar-refractivity contribution is 7.99. The van der Waals surface area contributed by atoms with Crippen molar-refractivity contribution < 1.29 is 19.7 Å². The fourth-order valence-corrected chi connectivity index (χ4v) is 4.75. The molecular formula is C27H28ClNO4S. The first-order valence-electron chi connectivity index (χ1n) is 11.1. The summed E-state index contributed by atoms with van der Waals surface area (Å²) in [6.07, 6.45) is 2.41. The van der Waals surface area contributed by atoms with Crippen LogP contribution in [0.25, 0.3) is 0 Å². The van der Waals surface area contributed by atoms with Crippen molar-refractivity contribution >= 4 is 35.0 Å². The summed E-state index contributed by atoms with van der Waals surface area (Å²) in [6.45, 7) is 2.56. The Morgan fingerprint density at radius 2 is 1.88 bits per heavy atom. The predicted octanol–water partition coefficient (Wildman–Crippen LogP) is 6.60. The fourth-order valence-electron chi connectivity index (χ4n) is 3.54. The lowest BCUT2D eigenvalue weighted by molar-refractivity contribution is -0.136. The molecule has 7 heteroatoms. The first-order valence-corrected chi connectivity index (χ1v) is 12.5. The molecule has 0 saturated carbocycles. The predicted molar refractivity (Wildman–Crippen MR) is 138 cm³/mol. The first kappa shape index (κ1) is 25.7. The number of hydrogen-bond donors (Lipinski definition) is 3. The molecule has 0 saturated heterocycles. The van der Waals surface area contributed by atoms with Crippen molar-refractivity contribution in [3.05, 3.63) is 87.9 Å². The minimum atomic E-state index is -0.882. The van der Waals surface area contributed by atoms with Crippen LogP contribution in [0.4, 0.5) is 0 Å². The third-order valence-corrected chi connectivity index (χ3v) is 6.77. The van der Waals surface area contributed by atoms with E-state index in [0.29, 0.717) is 28.5 Å². The molecular weight excluding hydrogens is 470 g/mol. The number of aryl methyl sites for hydroxylation is 1. The van der Waals surface area contributed by atoms with Crippen LogP contribution < -0.4 is 4.74 Å². The Morgan fingerprint density at radius 1 is 1.12 bits per heavy atom. The Bertz CT molecular complexity index is 1150. The lowest BCUT2D eigenvalue weighted by Crippen LogP contribution is -2.06. The SMILES string of the molecule is CCCc1cc(O)c(C(=N)c2ccccc2)cc1OCCCSc1ccc(CC(=O)O)cc1Cl. The van der Waals surface area contributed by atoms with Gasteiger partial charge in [0.1, 0.15) is 11.5 Å². The van der Waals surface area contributed by atoms with Crippen molar-refractivity contribution in [2.24, 2.45) is 0 Å². The van der Waals surface area contributed by atoms with E-state index < -0.39 is 5.97 Å². The number of carbonyl (C=O) groups is 1. The molecule has 0 unspecified atom stereocenters. The molecule has 0 aliphatic rings.